The van der Waals surface area contributed by atoms with E-state index in [0.29, 0.717) is 11.4 Å². The molecule has 3 N–H and O–H groups in total. The molecule has 0 saturated carbocycles. The van der Waals surface area contributed by atoms with Crippen LogP contribution in [0.15, 0.2) is 24.3 Å². The van der Waals surface area contributed by atoms with Gasteiger partial charge in [0.2, 0.25) is 0 Å². The molecule has 1 rings (SSSR count). The fourth-order valence-corrected chi connectivity index (χ4v) is 1.63. The summed E-state index contributed by atoms with van der Waals surface area (Å²) < 4.78 is 31.5. The predicted molar refractivity (Wildman–Crippen MR) is 67.0 cm³/mol. The zero-order valence-corrected chi connectivity index (χ0v) is 10.7. The molecule has 0 spiro atoms. The van der Waals surface area contributed by atoms with Gasteiger partial charge in [-0.15, -0.1) is 0 Å². The Hall–Kier alpha value is -1.31. The molecule has 0 aliphatic heterocycles. The Bertz CT molecular complexity index is 442. The molecule has 17 heavy (non-hydrogen) atoms. The van der Waals surface area contributed by atoms with Crippen LogP contribution in [-0.2, 0) is 10.2 Å². The molecule has 0 aromatic heterocycles. The number of rotatable bonds is 6. The van der Waals surface area contributed by atoms with Crippen molar-refractivity contribution in [3.8, 4) is 5.75 Å². The smallest absolute Gasteiger partial charge is 0.279 e. The molecule has 7 heteroatoms. The van der Waals surface area contributed by atoms with Gasteiger partial charge in [-0.3, -0.25) is 0 Å². The Balaban J connectivity index is 2.32. The number of nitrogen functional groups attached to an aromatic ring is 1. The van der Waals surface area contributed by atoms with Crippen molar-refractivity contribution in [2.75, 3.05) is 33.0 Å². The number of nitrogens with zero attached hydrogens (tertiary/aromatic N) is 1. The van der Waals surface area contributed by atoms with Gasteiger partial charge in [0, 0.05) is 26.3 Å². The van der Waals surface area contributed by atoms with Gasteiger partial charge in [0.1, 0.15) is 12.4 Å². The maximum atomic E-state index is 11.3. The molecular formula is C10H17N3O3S. The summed E-state index contributed by atoms with van der Waals surface area (Å²) in [5, 5.41) is 0. The third kappa shape index (κ3) is 4.59. The lowest BCUT2D eigenvalue weighted by molar-refractivity contribution is 0.321. The summed E-state index contributed by atoms with van der Waals surface area (Å²) in [6.07, 6.45) is 0. The van der Waals surface area contributed by atoms with E-state index < -0.39 is 10.2 Å². The van der Waals surface area contributed by atoms with E-state index in [9.17, 15) is 8.42 Å². The zero-order valence-electron chi connectivity index (χ0n) is 9.88. The highest BCUT2D eigenvalue weighted by atomic mass is 32.2. The van der Waals surface area contributed by atoms with E-state index in [1.807, 2.05) is 0 Å². The van der Waals surface area contributed by atoms with Crippen LogP contribution < -0.4 is 15.2 Å². The highest BCUT2D eigenvalue weighted by Gasteiger charge is 2.11. The molecule has 6 nitrogen and oxygen atoms in total. The Morgan fingerprint density at radius 3 is 2.41 bits per heavy atom. The van der Waals surface area contributed by atoms with Crippen LogP contribution in [-0.4, -0.2) is 40.0 Å². The van der Waals surface area contributed by atoms with Crippen LogP contribution in [0.4, 0.5) is 5.69 Å². The van der Waals surface area contributed by atoms with Crippen molar-refractivity contribution in [2.24, 2.45) is 0 Å². The van der Waals surface area contributed by atoms with Gasteiger partial charge < -0.3 is 10.5 Å². The van der Waals surface area contributed by atoms with Crippen LogP contribution in [0.3, 0.4) is 0 Å². The maximum Gasteiger partial charge on any atom is 0.279 e. The number of hydrogen-bond donors (Lipinski definition) is 2. The van der Waals surface area contributed by atoms with Crippen LogP contribution in [0.1, 0.15) is 0 Å². The van der Waals surface area contributed by atoms with Crippen LogP contribution in [0.25, 0.3) is 0 Å². The van der Waals surface area contributed by atoms with Crippen LogP contribution >= 0.6 is 0 Å². The predicted octanol–water partition coefficient (Wildman–Crippen LogP) is 0.0436. The van der Waals surface area contributed by atoms with Crippen LogP contribution in [0, 0.1) is 0 Å². The molecule has 96 valence electrons. The van der Waals surface area contributed by atoms with Crippen molar-refractivity contribution in [1.29, 1.82) is 0 Å². The number of anilines is 1. The fourth-order valence-electron chi connectivity index (χ4n) is 1.03. The number of ether oxygens (including phenoxy) is 1. The topological polar surface area (TPSA) is 84.7 Å². The Morgan fingerprint density at radius 1 is 1.29 bits per heavy atom. The standard InChI is InChI=1S/C10H17N3O3S/c1-13(2)17(14,15)12-7-8-16-10-5-3-9(11)4-6-10/h3-6,12H,7-8,11H2,1-2H3. The quantitative estimate of drug-likeness (QED) is 0.558. The largest absolute Gasteiger partial charge is 0.492 e. The molecule has 0 radical (unpaired) electrons. The lowest BCUT2D eigenvalue weighted by atomic mass is 10.3. The zero-order chi connectivity index (χ0) is 12.9. The van der Waals surface area contributed by atoms with E-state index in [0.717, 1.165) is 4.31 Å². The van der Waals surface area contributed by atoms with E-state index in [4.69, 9.17) is 10.5 Å². The average molecular weight is 259 g/mol. The van der Waals surface area contributed by atoms with Crippen LogP contribution in [0.2, 0.25) is 0 Å². The van der Waals surface area contributed by atoms with E-state index in [-0.39, 0.29) is 13.2 Å². The Morgan fingerprint density at radius 2 is 1.88 bits per heavy atom. The molecule has 1 aromatic carbocycles. The minimum atomic E-state index is -3.38. The fraction of sp³-hybridized carbons (Fsp3) is 0.400. The van der Waals surface area contributed by atoms with Gasteiger partial charge in [-0.05, 0) is 24.3 Å². The summed E-state index contributed by atoms with van der Waals surface area (Å²) in [6, 6.07) is 6.91. The first kappa shape index (κ1) is 13.8. The van der Waals surface area contributed by atoms with E-state index in [2.05, 4.69) is 4.72 Å². The maximum absolute atomic E-state index is 11.3. The van der Waals surface area contributed by atoms with Crippen molar-refractivity contribution in [2.45, 2.75) is 0 Å². The van der Waals surface area contributed by atoms with Crippen molar-refractivity contribution in [3.63, 3.8) is 0 Å². The SMILES string of the molecule is CN(C)S(=O)(=O)NCCOc1ccc(N)cc1. The average Bonchev–Trinajstić information content (AvgIpc) is 2.26. The molecular weight excluding hydrogens is 242 g/mol. The van der Waals surface area contributed by atoms with E-state index >= 15 is 0 Å². The first-order chi connectivity index (χ1) is 7.92. The van der Waals surface area contributed by atoms with Crippen molar-refractivity contribution < 1.29 is 13.2 Å². The third-order valence-electron chi connectivity index (χ3n) is 2.02. The lowest BCUT2D eigenvalue weighted by Crippen LogP contribution is -2.37. The second-order valence-electron chi connectivity index (χ2n) is 3.60. The molecule has 0 unspecified atom stereocenters. The minimum Gasteiger partial charge on any atom is -0.492 e. The third-order valence-corrected chi connectivity index (χ3v) is 3.55. The molecule has 1 aromatic rings. The van der Waals surface area contributed by atoms with Gasteiger partial charge in [0.25, 0.3) is 10.2 Å². The molecule has 0 aliphatic rings. The summed E-state index contributed by atoms with van der Waals surface area (Å²) in [5.41, 5.74) is 6.18. The lowest BCUT2D eigenvalue weighted by Gasteiger charge is -2.12. The molecule has 0 amide bonds. The normalized spacial score (nSPS) is 11.7. The molecule has 0 atom stereocenters. The summed E-state index contributed by atoms with van der Waals surface area (Å²) in [4.78, 5) is 0. The number of nitrogens with one attached hydrogen (secondary N) is 1. The monoisotopic (exact) mass is 259 g/mol. The van der Waals surface area contributed by atoms with Crippen molar-refractivity contribution in [3.05, 3.63) is 24.3 Å². The van der Waals surface area contributed by atoms with Crippen molar-refractivity contribution >= 4 is 15.9 Å². The van der Waals surface area contributed by atoms with Gasteiger partial charge >= 0.3 is 0 Å². The van der Waals surface area contributed by atoms with Gasteiger partial charge in [-0.1, -0.05) is 0 Å². The second kappa shape index (κ2) is 5.85. The highest BCUT2D eigenvalue weighted by molar-refractivity contribution is 7.87. The summed E-state index contributed by atoms with van der Waals surface area (Å²) in [5.74, 6) is 0.656. The number of nitrogens with two attached hydrogens (primary N) is 1. The highest BCUT2D eigenvalue weighted by Crippen LogP contribution is 2.12. The summed E-state index contributed by atoms with van der Waals surface area (Å²) >= 11 is 0. The molecule has 0 heterocycles. The molecule has 0 bridgehead atoms. The minimum absolute atomic E-state index is 0.213. The summed E-state index contributed by atoms with van der Waals surface area (Å²) in [7, 11) is -0.453. The number of hydrogen-bond acceptors (Lipinski definition) is 4. The number of benzene rings is 1. The van der Waals surface area contributed by atoms with E-state index in [1.165, 1.54) is 14.1 Å². The van der Waals surface area contributed by atoms with Crippen LogP contribution in [0.5, 0.6) is 5.75 Å². The molecule has 0 aliphatic carbocycles. The van der Waals surface area contributed by atoms with Crippen molar-refractivity contribution in [1.82, 2.24) is 9.03 Å². The molecule has 0 saturated heterocycles. The Labute approximate surface area is 102 Å². The molecule has 0 fully saturated rings. The van der Waals surface area contributed by atoms with Gasteiger partial charge in [-0.2, -0.15) is 17.4 Å². The first-order valence-corrected chi connectivity index (χ1v) is 6.51. The van der Waals surface area contributed by atoms with Gasteiger partial charge in [-0.25, -0.2) is 0 Å². The Kier molecular flexibility index (Phi) is 4.73. The van der Waals surface area contributed by atoms with Gasteiger partial charge in [0.05, 0.1) is 0 Å². The first-order valence-electron chi connectivity index (χ1n) is 5.07. The summed E-state index contributed by atoms with van der Waals surface area (Å²) in [6.45, 7) is 0.474. The second-order valence-corrected chi connectivity index (χ2v) is 5.57. The van der Waals surface area contributed by atoms with E-state index in [1.54, 1.807) is 24.3 Å². The van der Waals surface area contributed by atoms with Gasteiger partial charge in [0.15, 0.2) is 0 Å².